The summed E-state index contributed by atoms with van der Waals surface area (Å²) in [5, 5.41) is 5.69. The molecular weight excluding hydrogens is 172 g/mol. The molecule has 0 aliphatic heterocycles. The fraction of sp³-hybridized carbons (Fsp3) is 0.250. The van der Waals surface area contributed by atoms with E-state index in [1.54, 1.807) is 29.1 Å². The summed E-state index contributed by atoms with van der Waals surface area (Å²) >= 11 is 1.58. The van der Waals surface area contributed by atoms with Crippen LogP contribution in [0.15, 0.2) is 28.7 Å². The molecule has 1 aromatic rings. The monoisotopic (exact) mass is 182 g/mol. The van der Waals surface area contributed by atoms with Gasteiger partial charge in [-0.3, -0.25) is 0 Å². The molecule has 0 saturated heterocycles. The molecule has 0 aliphatic carbocycles. The first kappa shape index (κ1) is 8.93. The zero-order chi connectivity index (χ0) is 8.65. The van der Waals surface area contributed by atoms with E-state index >= 15 is 0 Å². The Morgan fingerprint density at radius 1 is 1.75 bits per heavy atom. The Morgan fingerprint density at radius 2 is 2.67 bits per heavy atom. The zero-order valence-electron chi connectivity index (χ0n) is 6.64. The van der Waals surface area contributed by atoms with E-state index in [-0.39, 0.29) is 0 Å². The summed E-state index contributed by atoms with van der Waals surface area (Å²) in [6.45, 7) is 3.95. The predicted octanol–water partition coefficient (Wildman–Crippen LogP) is 1.87. The lowest BCUT2D eigenvalue weighted by atomic mass is 10.4. The number of oxime groups is 1. The standard InChI is InChI=1S/C8H10N2OS/c1-2-5-11-10-4-3-8-6-12-7-9-8/h2,4,6-7H,1,3,5H2. The number of hydrogen-bond acceptors (Lipinski definition) is 4. The van der Waals surface area contributed by atoms with Crippen molar-refractivity contribution in [3.63, 3.8) is 0 Å². The van der Waals surface area contributed by atoms with Crippen molar-refractivity contribution in [1.82, 2.24) is 4.98 Å². The van der Waals surface area contributed by atoms with Crippen molar-refractivity contribution < 1.29 is 4.84 Å². The van der Waals surface area contributed by atoms with E-state index in [1.165, 1.54) is 0 Å². The van der Waals surface area contributed by atoms with E-state index < -0.39 is 0 Å². The average molecular weight is 182 g/mol. The Morgan fingerprint density at radius 3 is 3.33 bits per heavy atom. The molecule has 64 valence electrons. The minimum atomic E-state index is 0.452. The van der Waals surface area contributed by atoms with Crippen LogP contribution < -0.4 is 0 Å². The maximum absolute atomic E-state index is 4.81. The molecular formula is C8H10N2OS. The molecule has 3 nitrogen and oxygen atoms in total. The first-order chi connectivity index (χ1) is 5.93. The Bertz CT molecular complexity index is 244. The normalized spacial score (nSPS) is 10.3. The van der Waals surface area contributed by atoms with Gasteiger partial charge in [0.25, 0.3) is 0 Å². The largest absolute Gasteiger partial charge is 0.392 e. The van der Waals surface area contributed by atoms with Crippen LogP contribution >= 0.6 is 11.3 Å². The number of nitrogens with zero attached hydrogens (tertiary/aromatic N) is 2. The van der Waals surface area contributed by atoms with Crippen LogP contribution in [0.1, 0.15) is 5.69 Å². The Kier molecular flexibility index (Phi) is 4.08. The lowest BCUT2D eigenvalue weighted by molar-refractivity contribution is 0.176. The van der Waals surface area contributed by atoms with Crippen LogP contribution in [0.5, 0.6) is 0 Å². The highest BCUT2D eigenvalue weighted by Gasteiger charge is 1.89. The first-order valence-electron chi connectivity index (χ1n) is 3.55. The van der Waals surface area contributed by atoms with Gasteiger partial charge in [-0.1, -0.05) is 17.8 Å². The number of thiazole rings is 1. The van der Waals surface area contributed by atoms with Gasteiger partial charge in [-0.2, -0.15) is 0 Å². The predicted molar refractivity (Wildman–Crippen MR) is 50.5 cm³/mol. The Balaban J connectivity index is 2.17. The van der Waals surface area contributed by atoms with Crippen LogP contribution in [0.2, 0.25) is 0 Å². The molecule has 0 spiro atoms. The molecule has 1 rings (SSSR count). The quantitative estimate of drug-likeness (QED) is 0.301. The van der Waals surface area contributed by atoms with Crippen LogP contribution in [0, 0.1) is 0 Å². The van der Waals surface area contributed by atoms with Gasteiger partial charge in [0.2, 0.25) is 0 Å². The van der Waals surface area contributed by atoms with E-state index in [2.05, 4.69) is 16.7 Å². The van der Waals surface area contributed by atoms with Crippen LogP contribution in [-0.4, -0.2) is 17.8 Å². The van der Waals surface area contributed by atoms with E-state index in [1.807, 2.05) is 5.38 Å². The molecule has 0 N–H and O–H groups in total. The molecule has 0 aliphatic rings. The second-order valence-electron chi connectivity index (χ2n) is 2.06. The fourth-order valence-electron chi connectivity index (χ4n) is 0.618. The minimum Gasteiger partial charge on any atom is -0.392 e. The average Bonchev–Trinajstić information content (AvgIpc) is 2.57. The van der Waals surface area contributed by atoms with Crippen molar-refractivity contribution in [2.45, 2.75) is 6.42 Å². The summed E-state index contributed by atoms with van der Waals surface area (Å²) < 4.78 is 0. The van der Waals surface area contributed by atoms with Gasteiger partial charge in [-0.05, 0) is 0 Å². The summed E-state index contributed by atoms with van der Waals surface area (Å²) in [4.78, 5) is 8.89. The Hall–Kier alpha value is -1.16. The summed E-state index contributed by atoms with van der Waals surface area (Å²) in [7, 11) is 0. The topological polar surface area (TPSA) is 34.5 Å². The zero-order valence-corrected chi connectivity index (χ0v) is 7.46. The smallest absolute Gasteiger partial charge is 0.135 e. The fourth-order valence-corrected chi connectivity index (χ4v) is 1.19. The lowest BCUT2D eigenvalue weighted by Gasteiger charge is -1.90. The second kappa shape index (κ2) is 5.49. The summed E-state index contributed by atoms with van der Waals surface area (Å²) in [6, 6.07) is 0. The number of hydrogen-bond donors (Lipinski definition) is 0. The van der Waals surface area contributed by atoms with E-state index in [4.69, 9.17) is 4.84 Å². The maximum Gasteiger partial charge on any atom is 0.135 e. The number of aromatic nitrogens is 1. The molecule has 1 aromatic heterocycles. The molecule has 0 unspecified atom stereocenters. The highest BCUT2D eigenvalue weighted by Crippen LogP contribution is 1.99. The summed E-state index contributed by atoms with van der Waals surface area (Å²) in [5.41, 5.74) is 2.82. The van der Waals surface area contributed by atoms with Crippen molar-refractivity contribution in [3.8, 4) is 0 Å². The second-order valence-corrected chi connectivity index (χ2v) is 2.78. The molecule has 0 fully saturated rings. The van der Waals surface area contributed by atoms with Crippen LogP contribution in [0.4, 0.5) is 0 Å². The first-order valence-corrected chi connectivity index (χ1v) is 4.49. The van der Waals surface area contributed by atoms with Crippen molar-refractivity contribution in [2.24, 2.45) is 5.16 Å². The van der Waals surface area contributed by atoms with Gasteiger partial charge in [-0.15, -0.1) is 11.3 Å². The minimum absolute atomic E-state index is 0.452. The van der Waals surface area contributed by atoms with Gasteiger partial charge in [-0.25, -0.2) is 4.98 Å². The molecule has 0 atom stereocenters. The molecule has 1 heterocycles. The van der Waals surface area contributed by atoms with Crippen LogP contribution in [0.25, 0.3) is 0 Å². The highest BCUT2D eigenvalue weighted by molar-refractivity contribution is 7.07. The van der Waals surface area contributed by atoms with Crippen LogP contribution in [-0.2, 0) is 11.3 Å². The van der Waals surface area contributed by atoms with E-state index in [0.29, 0.717) is 6.61 Å². The van der Waals surface area contributed by atoms with Crippen LogP contribution in [0.3, 0.4) is 0 Å². The molecule has 0 saturated carbocycles. The SMILES string of the molecule is C=CCON=CCc1cscn1. The van der Waals surface area contributed by atoms with Crippen molar-refractivity contribution >= 4 is 17.6 Å². The lowest BCUT2D eigenvalue weighted by Crippen LogP contribution is -1.87. The Labute approximate surface area is 75.4 Å². The van der Waals surface area contributed by atoms with Gasteiger partial charge in [0.05, 0.1) is 11.2 Å². The molecule has 4 heteroatoms. The molecule has 0 amide bonds. The van der Waals surface area contributed by atoms with Gasteiger partial charge in [0.1, 0.15) is 6.61 Å². The summed E-state index contributed by atoms with van der Waals surface area (Å²) in [6.07, 6.45) is 4.07. The molecule has 0 radical (unpaired) electrons. The maximum atomic E-state index is 4.81. The molecule has 0 aromatic carbocycles. The third kappa shape index (κ3) is 3.30. The van der Waals surface area contributed by atoms with Crippen molar-refractivity contribution in [2.75, 3.05) is 6.61 Å². The van der Waals surface area contributed by atoms with Gasteiger partial charge >= 0.3 is 0 Å². The molecule has 12 heavy (non-hydrogen) atoms. The summed E-state index contributed by atoms with van der Waals surface area (Å²) in [5.74, 6) is 0. The third-order valence-corrected chi connectivity index (χ3v) is 1.76. The third-order valence-electron chi connectivity index (χ3n) is 1.13. The van der Waals surface area contributed by atoms with Gasteiger partial charge in [0, 0.05) is 18.0 Å². The van der Waals surface area contributed by atoms with E-state index in [0.717, 1.165) is 12.1 Å². The molecule has 0 bridgehead atoms. The van der Waals surface area contributed by atoms with E-state index in [9.17, 15) is 0 Å². The number of rotatable bonds is 5. The highest BCUT2D eigenvalue weighted by atomic mass is 32.1. The van der Waals surface area contributed by atoms with Gasteiger partial charge in [0.15, 0.2) is 0 Å². The van der Waals surface area contributed by atoms with Gasteiger partial charge < -0.3 is 4.84 Å². The van der Waals surface area contributed by atoms with Crippen molar-refractivity contribution in [1.29, 1.82) is 0 Å². The van der Waals surface area contributed by atoms with Crippen molar-refractivity contribution in [3.05, 3.63) is 29.2 Å².